The van der Waals surface area contributed by atoms with Gasteiger partial charge in [0.2, 0.25) is 0 Å². The maximum Gasteiger partial charge on any atom is 0.408 e. The van der Waals surface area contributed by atoms with Crippen molar-refractivity contribution in [1.82, 2.24) is 4.90 Å². The van der Waals surface area contributed by atoms with Crippen molar-refractivity contribution >= 4 is 23.4 Å². The summed E-state index contributed by atoms with van der Waals surface area (Å²) in [7, 11) is 1.10. The molecule has 0 aliphatic rings. The summed E-state index contributed by atoms with van der Waals surface area (Å²) in [6, 6.07) is 9.54. The Labute approximate surface area is 170 Å². The molecule has 0 heterocycles. The van der Waals surface area contributed by atoms with Gasteiger partial charge in [0, 0.05) is 24.6 Å². The number of ether oxygens (including phenoxy) is 1. The van der Waals surface area contributed by atoms with Crippen LogP contribution in [-0.2, 0) is 22.5 Å². The van der Waals surface area contributed by atoms with Gasteiger partial charge in [0.05, 0.1) is 17.0 Å². The van der Waals surface area contributed by atoms with Crippen LogP contribution in [0.15, 0.2) is 42.5 Å². The van der Waals surface area contributed by atoms with E-state index < -0.39 is 39.3 Å². The zero-order valence-electron chi connectivity index (χ0n) is 16.2. The van der Waals surface area contributed by atoms with Crippen molar-refractivity contribution in [2.75, 3.05) is 7.11 Å². The normalized spacial score (nSPS) is 11.4. The van der Waals surface area contributed by atoms with Crippen LogP contribution in [0.2, 0.25) is 0 Å². The van der Waals surface area contributed by atoms with Gasteiger partial charge in [-0.25, -0.2) is 9.59 Å². The number of hydrogen-bond acceptors (Lipinski definition) is 7. The average molecular weight is 417 g/mol. The Hall–Kier alpha value is -4.02. The first kappa shape index (κ1) is 22.3. The van der Waals surface area contributed by atoms with Gasteiger partial charge in [0.25, 0.3) is 0 Å². The second-order valence-corrected chi connectivity index (χ2v) is 6.43. The van der Waals surface area contributed by atoms with E-state index >= 15 is 0 Å². The Morgan fingerprint density at radius 1 is 1.10 bits per heavy atom. The lowest BCUT2D eigenvalue weighted by Gasteiger charge is -2.27. The quantitative estimate of drug-likeness (QED) is 0.390. The van der Waals surface area contributed by atoms with Crippen LogP contribution in [0.3, 0.4) is 0 Å². The Balaban J connectivity index is 2.47. The fourth-order valence-corrected chi connectivity index (χ4v) is 3.10. The number of nitrogens with zero attached hydrogens (tertiary/aromatic N) is 3. The smallest absolute Gasteiger partial charge is 0.408 e. The summed E-state index contributed by atoms with van der Waals surface area (Å²) in [6.07, 6.45) is -1.65. The number of esters is 1. The van der Waals surface area contributed by atoms with Gasteiger partial charge < -0.3 is 9.84 Å². The number of carboxylic acid groups (broad SMARTS) is 1. The Morgan fingerprint density at radius 2 is 1.73 bits per heavy atom. The van der Waals surface area contributed by atoms with Crippen molar-refractivity contribution in [3.63, 3.8) is 0 Å². The summed E-state index contributed by atoms with van der Waals surface area (Å²) >= 11 is 0. The predicted molar refractivity (Wildman–Crippen MR) is 104 cm³/mol. The zero-order chi connectivity index (χ0) is 22.4. The number of rotatable bonds is 8. The number of methoxy groups -OCH3 is 1. The first-order valence-electron chi connectivity index (χ1n) is 8.69. The van der Waals surface area contributed by atoms with Crippen molar-refractivity contribution < 1.29 is 29.3 Å². The van der Waals surface area contributed by atoms with Crippen molar-refractivity contribution in [2.24, 2.45) is 0 Å². The van der Waals surface area contributed by atoms with Gasteiger partial charge in [-0.1, -0.05) is 30.3 Å². The van der Waals surface area contributed by atoms with Crippen LogP contribution < -0.4 is 0 Å². The molecule has 0 saturated carbocycles. The van der Waals surface area contributed by atoms with Crippen LogP contribution in [0.4, 0.5) is 16.2 Å². The number of carbonyl (C=O) groups is 2. The van der Waals surface area contributed by atoms with Gasteiger partial charge in [-0.2, -0.15) is 0 Å². The topological polar surface area (TPSA) is 153 Å². The highest BCUT2D eigenvalue weighted by molar-refractivity contribution is 5.81. The molecule has 2 rings (SSSR count). The van der Waals surface area contributed by atoms with Gasteiger partial charge in [-0.15, -0.1) is 0 Å². The van der Waals surface area contributed by atoms with E-state index in [9.17, 15) is 34.9 Å². The molecule has 0 fully saturated rings. The SMILES string of the molecule is COC(=O)[C@@H](Cc1cc(C)c([N+](=O)[O-])c([N+](=O)[O-])c1)N(Cc1ccccc1)C(=O)O. The average Bonchev–Trinajstić information content (AvgIpc) is 2.69. The molecule has 11 heteroatoms. The maximum atomic E-state index is 12.4. The molecular weight excluding hydrogens is 398 g/mol. The van der Waals surface area contributed by atoms with E-state index in [0.717, 1.165) is 18.1 Å². The van der Waals surface area contributed by atoms with E-state index in [1.807, 2.05) is 0 Å². The molecule has 0 aliphatic carbocycles. The number of hydrogen-bond donors (Lipinski definition) is 1. The lowest BCUT2D eigenvalue weighted by molar-refractivity contribution is -0.422. The molecular formula is C19H19N3O8. The highest BCUT2D eigenvalue weighted by Gasteiger charge is 2.33. The molecule has 0 unspecified atom stereocenters. The van der Waals surface area contributed by atoms with Gasteiger partial charge in [-0.3, -0.25) is 25.1 Å². The molecule has 30 heavy (non-hydrogen) atoms. The lowest BCUT2D eigenvalue weighted by Crippen LogP contribution is -2.46. The summed E-state index contributed by atoms with van der Waals surface area (Å²) in [6.45, 7) is 1.21. The van der Waals surface area contributed by atoms with Crippen LogP contribution in [0.1, 0.15) is 16.7 Å². The van der Waals surface area contributed by atoms with E-state index in [-0.39, 0.29) is 24.1 Å². The Bertz CT molecular complexity index is 977. The van der Waals surface area contributed by atoms with E-state index in [0.29, 0.717) is 5.56 Å². The molecule has 2 aromatic carbocycles. The van der Waals surface area contributed by atoms with Gasteiger partial charge in [0.1, 0.15) is 6.04 Å². The predicted octanol–water partition coefficient (Wildman–Crippen LogP) is 3.08. The minimum atomic E-state index is -1.39. The third-order valence-electron chi connectivity index (χ3n) is 4.44. The standard InChI is InChI=1S/C19H19N3O8/c1-12-8-14(9-15(21(26)27)17(12)22(28)29)10-16(18(23)30-2)20(19(24)25)11-13-6-4-3-5-7-13/h3-9,16H,10-11H2,1-2H3,(H,24,25)/t16-/m1/s1. The third-order valence-corrected chi connectivity index (χ3v) is 4.44. The Kier molecular flexibility index (Phi) is 7.02. The third kappa shape index (κ3) is 5.07. The number of aryl methyl sites for hydroxylation is 1. The fourth-order valence-electron chi connectivity index (χ4n) is 3.10. The molecule has 0 spiro atoms. The molecule has 1 atom stereocenters. The van der Waals surface area contributed by atoms with E-state index in [4.69, 9.17) is 4.74 Å². The second-order valence-electron chi connectivity index (χ2n) is 6.43. The van der Waals surface area contributed by atoms with Gasteiger partial charge >= 0.3 is 23.4 Å². The number of nitro benzene ring substituents is 2. The minimum absolute atomic E-state index is 0.0257. The lowest BCUT2D eigenvalue weighted by atomic mass is 10.00. The number of amides is 1. The summed E-state index contributed by atoms with van der Waals surface area (Å²) in [5, 5.41) is 32.1. The number of carbonyl (C=O) groups excluding carboxylic acids is 1. The van der Waals surface area contributed by atoms with Crippen LogP contribution >= 0.6 is 0 Å². The van der Waals surface area contributed by atoms with Crippen molar-refractivity contribution in [2.45, 2.75) is 25.9 Å². The maximum absolute atomic E-state index is 12.4. The molecule has 0 bridgehead atoms. The van der Waals surface area contributed by atoms with Crippen molar-refractivity contribution in [1.29, 1.82) is 0 Å². The van der Waals surface area contributed by atoms with Gasteiger partial charge in [0.15, 0.2) is 0 Å². The molecule has 1 amide bonds. The first-order chi connectivity index (χ1) is 14.1. The highest BCUT2D eigenvalue weighted by Crippen LogP contribution is 2.32. The summed E-state index contributed by atoms with van der Waals surface area (Å²) in [5.41, 5.74) is -0.543. The van der Waals surface area contributed by atoms with E-state index in [1.165, 1.54) is 13.0 Å². The molecule has 1 N–H and O–H groups in total. The summed E-state index contributed by atoms with van der Waals surface area (Å²) in [4.78, 5) is 45.8. The van der Waals surface area contributed by atoms with Crippen LogP contribution in [0.25, 0.3) is 0 Å². The Morgan fingerprint density at radius 3 is 2.23 bits per heavy atom. The fraction of sp³-hybridized carbons (Fsp3) is 0.263. The highest BCUT2D eigenvalue weighted by atomic mass is 16.6. The number of nitro groups is 2. The van der Waals surface area contributed by atoms with Crippen LogP contribution in [0, 0.1) is 27.2 Å². The molecule has 0 saturated heterocycles. The first-order valence-corrected chi connectivity index (χ1v) is 8.69. The van der Waals surface area contributed by atoms with E-state index in [1.54, 1.807) is 30.3 Å². The molecule has 158 valence electrons. The van der Waals surface area contributed by atoms with Crippen molar-refractivity contribution in [3.8, 4) is 0 Å². The number of benzene rings is 2. The minimum Gasteiger partial charge on any atom is -0.467 e. The molecule has 0 aromatic heterocycles. The molecule has 0 aliphatic heterocycles. The van der Waals surface area contributed by atoms with Gasteiger partial charge in [-0.05, 0) is 24.1 Å². The summed E-state index contributed by atoms with van der Waals surface area (Å²) < 4.78 is 4.74. The van der Waals surface area contributed by atoms with Crippen LogP contribution in [0.5, 0.6) is 0 Å². The summed E-state index contributed by atoms with van der Waals surface area (Å²) in [5.74, 6) is -0.855. The molecule has 0 radical (unpaired) electrons. The molecule has 2 aromatic rings. The van der Waals surface area contributed by atoms with Crippen LogP contribution in [-0.4, -0.2) is 45.1 Å². The van der Waals surface area contributed by atoms with E-state index in [2.05, 4.69) is 0 Å². The largest absolute Gasteiger partial charge is 0.467 e. The monoisotopic (exact) mass is 417 g/mol. The molecule has 11 nitrogen and oxygen atoms in total. The zero-order valence-corrected chi connectivity index (χ0v) is 16.2. The van der Waals surface area contributed by atoms with Crippen molar-refractivity contribution in [3.05, 3.63) is 79.4 Å². The second kappa shape index (κ2) is 9.45.